The molecule has 0 aromatic rings. The highest BCUT2D eigenvalue weighted by Gasteiger charge is 2.20. The highest BCUT2D eigenvalue weighted by Crippen LogP contribution is 2.19. The van der Waals surface area contributed by atoms with Gasteiger partial charge in [0.15, 0.2) is 0 Å². The molecule has 3 N–H and O–H groups in total. The first-order valence-corrected chi connectivity index (χ1v) is 35.7. The molecule has 2 unspecified atom stereocenters. The molecule has 6 nitrogen and oxygen atoms in total. The summed E-state index contributed by atoms with van der Waals surface area (Å²) in [7, 11) is 0. The molecule has 0 rings (SSSR count). The number of esters is 1. The van der Waals surface area contributed by atoms with Crippen molar-refractivity contribution in [3.05, 3.63) is 36.5 Å². The fourth-order valence-electron chi connectivity index (χ4n) is 11.2. The predicted molar refractivity (Wildman–Crippen MR) is 347 cm³/mol. The number of ether oxygens (including phenoxy) is 1. The van der Waals surface area contributed by atoms with E-state index in [-0.39, 0.29) is 18.5 Å². The molecule has 466 valence electrons. The first-order chi connectivity index (χ1) is 39.0. The van der Waals surface area contributed by atoms with Crippen molar-refractivity contribution in [1.82, 2.24) is 5.32 Å². The lowest BCUT2D eigenvalue weighted by Gasteiger charge is -2.22. The number of aliphatic hydroxyl groups is 2. The molecule has 0 aromatic carbocycles. The summed E-state index contributed by atoms with van der Waals surface area (Å²) in [5, 5.41) is 23.3. The smallest absolute Gasteiger partial charge is 0.305 e. The Hall–Kier alpha value is -1.92. The van der Waals surface area contributed by atoms with Crippen LogP contribution in [-0.4, -0.2) is 47.4 Å². The summed E-state index contributed by atoms with van der Waals surface area (Å²) < 4.78 is 5.51. The van der Waals surface area contributed by atoms with E-state index in [0.29, 0.717) is 25.9 Å². The summed E-state index contributed by atoms with van der Waals surface area (Å²) >= 11 is 0. The topological polar surface area (TPSA) is 95.9 Å². The van der Waals surface area contributed by atoms with Gasteiger partial charge in [-0.1, -0.05) is 333 Å². The van der Waals surface area contributed by atoms with Gasteiger partial charge in [0.05, 0.1) is 25.4 Å². The number of nitrogens with one attached hydrogen (secondary N) is 1. The normalized spacial score (nSPS) is 12.7. The number of rotatable bonds is 67. The third-order valence-electron chi connectivity index (χ3n) is 16.7. The Labute approximate surface area is 494 Å². The van der Waals surface area contributed by atoms with E-state index < -0.39 is 12.1 Å². The molecule has 0 saturated heterocycles. The minimum Gasteiger partial charge on any atom is -0.466 e. The van der Waals surface area contributed by atoms with Gasteiger partial charge in [0.1, 0.15) is 0 Å². The van der Waals surface area contributed by atoms with Crippen molar-refractivity contribution in [3.8, 4) is 0 Å². The number of allylic oxidation sites excluding steroid dienone is 6. The van der Waals surface area contributed by atoms with Crippen LogP contribution in [0.25, 0.3) is 0 Å². The second-order valence-electron chi connectivity index (χ2n) is 24.6. The third kappa shape index (κ3) is 65.1. The van der Waals surface area contributed by atoms with Gasteiger partial charge in [0, 0.05) is 12.8 Å². The molecule has 0 radical (unpaired) electrons. The third-order valence-corrected chi connectivity index (χ3v) is 16.7. The molecule has 0 saturated carbocycles. The van der Waals surface area contributed by atoms with Gasteiger partial charge in [0.2, 0.25) is 5.91 Å². The van der Waals surface area contributed by atoms with Gasteiger partial charge < -0.3 is 20.3 Å². The van der Waals surface area contributed by atoms with Crippen molar-refractivity contribution < 1.29 is 24.5 Å². The Balaban J connectivity index is 3.36. The van der Waals surface area contributed by atoms with Gasteiger partial charge in [-0.25, -0.2) is 0 Å². The Morgan fingerprint density at radius 2 is 0.633 bits per heavy atom. The zero-order chi connectivity index (χ0) is 57.1. The van der Waals surface area contributed by atoms with Crippen molar-refractivity contribution >= 4 is 11.9 Å². The maximum atomic E-state index is 12.5. The van der Waals surface area contributed by atoms with Crippen LogP contribution in [0.15, 0.2) is 36.5 Å². The summed E-state index contributed by atoms with van der Waals surface area (Å²) in [6.45, 7) is 4.96. The molecule has 0 aliphatic heterocycles. The molecule has 0 heterocycles. The van der Waals surface area contributed by atoms with Crippen molar-refractivity contribution in [2.45, 2.75) is 405 Å². The second kappa shape index (κ2) is 68.6. The van der Waals surface area contributed by atoms with E-state index in [1.165, 1.54) is 308 Å². The number of aliphatic hydroxyl groups excluding tert-OH is 2. The van der Waals surface area contributed by atoms with Gasteiger partial charge in [-0.15, -0.1) is 0 Å². The van der Waals surface area contributed by atoms with Crippen molar-refractivity contribution in [3.63, 3.8) is 0 Å². The molecule has 79 heavy (non-hydrogen) atoms. The lowest BCUT2D eigenvalue weighted by Crippen LogP contribution is -2.45. The standard InChI is InChI=1S/C73H139NO5/c1-3-5-7-9-11-13-15-17-19-20-31-35-39-43-47-51-55-59-63-67-73(78)79-68-64-60-56-52-48-44-40-36-33-30-28-26-24-22-21-23-25-27-29-32-34-38-42-46-50-54-58-62-66-72(77)74-70(69-75)71(76)65-61-57-53-49-45-41-37-18-16-14-12-10-8-6-4-2/h11,13,17,19,21-22,70-71,75-76H,3-10,12,14-16,18,20,23-69H2,1-2H3,(H,74,77)/b13-11-,19-17-,22-21-. The first kappa shape index (κ1) is 77.1. The van der Waals surface area contributed by atoms with Crippen molar-refractivity contribution in [1.29, 1.82) is 0 Å². The number of hydrogen-bond donors (Lipinski definition) is 3. The maximum Gasteiger partial charge on any atom is 0.305 e. The monoisotopic (exact) mass is 1110 g/mol. The van der Waals surface area contributed by atoms with Crippen LogP contribution in [-0.2, 0) is 14.3 Å². The summed E-state index contributed by atoms with van der Waals surface area (Å²) in [6.07, 6.45) is 87.6. The van der Waals surface area contributed by atoms with E-state index in [4.69, 9.17) is 4.74 Å². The Kier molecular flexibility index (Phi) is 66.9. The molecular formula is C73H139NO5. The minimum atomic E-state index is -0.664. The molecule has 0 aliphatic carbocycles. The van der Waals surface area contributed by atoms with Crippen LogP contribution in [0.1, 0.15) is 393 Å². The number of hydrogen-bond acceptors (Lipinski definition) is 5. The first-order valence-electron chi connectivity index (χ1n) is 35.7. The quantitative estimate of drug-likeness (QED) is 0.0320. The molecular weight excluding hydrogens is 971 g/mol. The maximum absolute atomic E-state index is 12.5. The number of unbranched alkanes of at least 4 members (excludes halogenated alkanes) is 50. The summed E-state index contributed by atoms with van der Waals surface area (Å²) in [6, 6.07) is -0.541. The van der Waals surface area contributed by atoms with E-state index in [9.17, 15) is 19.8 Å². The molecule has 2 atom stereocenters. The largest absolute Gasteiger partial charge is 0.466 e. The molecule has 0 bridgehead atoms. The van der Waals surface area contributed by atoms with Crippen LogP contribution in [0.2, 0.25) is 0 Å². The van der Waals surface area contributed by atoms with Crippen molar-refractivity contribution in [2.75, 3.05) is 13.2 Å². The summed E-state index contributed by atoms with van der Waals surface area (Å²) in [5.74, 6) is -0.0199. The lowest BCUT2D eigenvalue weighted by molar-refractivity contribution is -0.143. The molecule has 6 heteroatoms. The number of carbonyl (C=O) groups is 2. The Morgan fingerprint density at radius 3 is 1.00 bits per heavy atom. The summed E-state index contributed by atoms with van der Waals surface area (Å²) in [4.78, 5) is 24.6. The van der Waals surface area contributed by atoms with Crippen molar-refractivity contribution in [2.24, 2.45) is 0 Å². The van der Waals surface area contributed by atoms with E-state index in [1.807, 2.05) is 0 Å². The molecule has 0 aliphatic rings. The summed E-state index contributed by atoms with van der Waals surface area (Å²) in [5.41, 5.74) is 0. The molecule has 0 fully saturated rings. The van der Waals surface area contributed by atoms with Gasteiger partial charge in [-0.2, -0.15) is 0 Å². The molecule has 0 spiro atoms. The van der Waals surface area contributed by atoms with Crippen LogP contribution in [0.4, 0.5) is 0 Å². The number of amides is 1. The lowest BCUT2D eigenvalue weighted by atomic mass is 10.0. The predicted octanol–water partition coefficient (Wildman–Crippen LogP) is 23.1. The zero-order valence-electron chi connectivity index (χ0n) is 53.4. The van der Waals surface area contributed by atoms with Gasteiger partial charge in [-0.05, 0) is 83.5 Å². The Morgan fingerprint density at radius 1 is 0.354 bits per heavy atom. The zero-order valence-corrected chi connectivity index (χ0v) is 53.4. The average molecular weight is 1110 g/mol. The SMILES string of the molecule is CCCCC/C=C\C/C=C\CCCCCCCCCCCC(=O)OCCCCCCCCCCCCCC/C=C\CCCCCCCCCCCCCCC(=O)NC(CO)C(O)CCCCCCCCCCCCCCCCC. The molecule has 1 amide bonds. The van der Waals surface area contributed by atoms with E-state index in [0.717, 1.165) is 51.4 Å². The average Bonchev–Trinajstić information content (AvgIpc) is 3.45. The van der Waals surface area contributed by atoms with Gasteiger partial charge in [-0.3, -0.25) is 9.59 Å². The van der Waals surface area contributed by atoms with E-state index in [1.54, 1.807) is 0 Å². The molecule has 0 aromatic heterocycles. The fourth-order valence-corrected chi connectivity index (χ4v) is 11.2. The van der Waals surface area contributed by atoms with Crippen LogP contribution in [0, 0.1) is 0 Å². The minimum absolute atomic E-state index is 0.0125. The van der Waals surface area contributed by atoms with Crippen LogP contribution < -0.4 is 5.32 Å². The van der Waals surface area contributed by atoms with Crippen LogP contribution in [0.3, 0.4) is 0 Å². The van der Waals surface area contributed by atoms with Gasteiger partial charge in [0.25, 0.3) is 0 Å². The fraction of sp³-hybridized carbons (Fsp3) is 0.890. The second-order valence-corrected chi connectivity index (χ2v) is 24.6. The van der Waals surface area contributed by atoms with Crippen LogP contribution in [0.5, 0.6) is 0 Å². The van der Waals surface area contributed by atoms with Crippen LogP contribution >= 0.6 is 0 Å². The highest BCUT2D eigenvalue weighted by atomic mass is 16.5. The number of carbonyl (C=O) groups excluding carboxylic acids is 2. The van der Waals surface area contributed by atoms with Gasteiger partial charge >= 0.3 is 5.97 Å². The Bertz CT molecular complexity index is 1280. The highest BCUT2D eigenvalue weighted by molar-refractivity contribution is 5.76. The van der Waals surface area contributed by atoms with E-state index in [2.05, 4.69) is 55.6 Å². The van der Waals surface area contributed by atoms with E-state index >= 15 is 0 Å².